The van der Waals surface area contributed by atoms with E-state index in [9.17, 15) is 5.11 Å². The molecule has 0 amide bonds. The van der Waals surface area contributed by atoms with Gasteiger partial charge in [0.05, 0.1) is 16.9 Å². The van der Waals surface area contributed by atoms with Crippen LogP contribution in [0.2, 0.25) is 5.02 Å². The lowest BCUT2D eigenvalue weighted by molar-refractivity contribution is 0.0691. The third kappa shape index (κ3) is 3.12. The molecule has 0 aliphatic carbocycles. The molecule has 1 unspecified atom stereocenters. The third-order valence-electron chi connectivity index (χ3n) is 3.85. The van der Waals surface area contributed by atoms with Crippen LogP contribution in [0.15, 0.2) is 55.0 Å². The van der Waals surface area contributed by atoms with Crippen LogP contribution >= 0.6 is 11.6 Å². The molecule has 6 heteroatoms. The van der Waals surface area contributed by atoms with Crippen LogP contribution in [0.3, 0.4) is 0 Å². The monoisotopic (exact) mass is 328 g/mol. The molecular weight excluding hydrogens is 312 g/mol. The van der Waals surface area contributed by atoms with Gasteiger partial charge in [-0.15, -0.1) is 0 Å². The van der Waals surface area contributed by atoms with Crippen molar-refractivity contribution in [2.75, 3.05) is 6.54 Å². The minimum atomic E-state index is -1.24. The van der Waals surface area contributed by atoms with Crippen LogP contribution in [-0.4, -0.2) is 26.8 Å². The van der Waals surface area contributed by atoms with Crippen molar-refractivity contribution in [3.8, 4) is 11.1 Å². The van der Waals surface area contributed by atoms with Crippen molar-refractivity contribution < 1.29 is 5.11 Å². The minimum Gasteiger partial charge on any atom is -0.379 e. The molecular formula is C17H17ClN4O. The predicted molar refractivity (Wildman–Crippen MR) is 89.9 cm³/mol. The summed E-state index contributed by atoms with van der Waals surface area (Å²) in [4.78, 5) is 4.27. The van der Waals surface area contributed by atoms with E-state index in [1.165, 1.54) is 6.20 Å². The molecule has 0 aliphatic rings. The Labute approximate surface area is 139 Å². The molecule has 3 aromatic rings. The van der Waals surface area contributed by atoms with Gasteiger partial charge in [0.1, 0.15) is 5.60 Å². The zero-order valence-electron chi connectivity index (χ0n) is 12.4. The van der Waals surface area contributed by atoms with Crippen molar-refractivity contribution in [1.29, 1.82) is 0 Å². The fourth-order valence-corrected chi connectivity index (χ4v) is 2.71. The molecule has 2 aromatic heterocycles. The van der Waals surface area contributed by atoms with E-state index < -0.39 is 5.60 Å². The third-order valence-corrected chi connectivity index (χ3v) is 4.07. The summed E-state index contributed by atoms with van der Waals surface area (Å²) >= 11 is 5.88. The molecule has 0 fully saturated rings. The molecule has 0 bridgehead atoms. The zero-order valence-corrected chi connectivity index (χ0v) is 13.2. The lowest BCUT2D eigenvalue weighted by atomic mass is 9.86. The average Bonchev–Trinajstić information content (AvgIpc) is 3.10. The number of nitrogens with zero attached hydrogens (tertiary/aromatic N) is 2. The van der Waals surface area contributed by atoms with E-state index in [-0.39, 0.29) is 0 Å². The van der Waals surface area contributed by atoms with Gasteiger partial charge in [-0.2, -0.15) is 5.10 Å². The normalized spacial score (nSPS) is 13.7. The SMILES string of the molecule is NCCC(O)(c1ccc(-c2cn[nH]c2)cc1)c1ccc(Cl)cn1. The molecule has 0 radical (unpaired) electrons. The number of H-pyrrole nitrogens is 1. The van der Waals surface area contributed by atoms with Gasteiger partial charge >= 0.3 is 0 Å². The van der Waals surface area contributed by atoms with Gasteiger partial charge in [0.15, 0.2) is 0 Å². The number of benzene rings is 1. The minimum absolute atomic E-state index is 0.338. The topological polar surface area (TPSA) is 87.8 Å². The number of nitrogens with one attached hydrogen (secondary N) is 1. The molecule has 0 saturated carbocycles. The summed E-state index contributed by atoms with van der Waals surface area (Å²) in [5.41, 5.74) is 7.73. The van der Waals surface area contributed by atoms with Crippen LogP contribution in [-0.2, 0) is 5.60 Å². The maximum Gasteiger partial charge on any atom is 0.133 e. The first-order valence-corrected chi connectivity index (χ1v) is 7.65. The first kappa shape index (κ1) is 15.7. The smallest absolute Gasteiger partial charge is 0.133 e. The Balaban J connectivity index is 1.99. The van der Waals surface area contributed by atoms with Gasteiger partial charge in [-0.05, 0) is 36.2 Å². The molecule has 4 N–H and O–H groups in total. The fraction of sp³-hybridized carbons (Fsp3) is 0.176. The second kappa shape index (κ2) is 6.50. The first-order valence-electron chi connectivity index (χ1n) is 7.27. The Hall–Kier alpha value is -2.21. The molecule has 23 heavy (non-hydrogen) atoms. The maximum atomic E-state index is 11.2. The molecule has 1 aromatic carbocycles. The summed E-state index contributed by atoms with van der Waals surface area (Å²) in [7, 11) is 0. The number of rotatable bonds is 5. The number of aromatic nitrogens is 3. The summed E-state index contributed by atoms with van der Waals surface area (Å²) in [6, 6.07) is 11.1. The lowest BCUT2D eigenvalue weighted by Gasteiger charge is -2.28. The van der Waals surface area contributed by atoms with Crippen LogP contribution < -0.4 is 5.73 Å². The van der Waals surface area contributed by atoms with Gasteiger partial charge in [-0.1, -0.05) is 35.9 Å². The summed E-state index contributed by atoms with van der Waals surface area (Å²) in [5.74, 6) is 0. The van der Waals surface area contributed by atoms with Crippen molar-refractivity contribution >= 4 is 11.6 Å². The van der Waals surface area contributed by atoms with Crippen molar-refractivity contribution in [2.24, 2.45) is 5.73 Å². The Bertz CT molecular complexity index is 756. The molecule has 118 valence electrons. The number of hydrogen-bond donors (Lipinski definition) is 3. The summed E-state index contributed by atoms with van der Waals surface area (Å²) in [6.07, 6.45) is 5.47. The van der Waals surface area contributed by atoms with Crippen molar-refractivity contribution in [2.45, 2.75) is 12.0 Å². The van der Waals surface area contributed by atoms with Crippen LogP contribution in [0.1, 0.15) is 17.7 Å². The van der Waals surface area contributed by atoms with E-state index in [1.54, 1.807) is 18.3 Å². The lowest BCUT2D eigenvalue weighted by Crippen LogP contribution is -2.31. The molecule has 0 saturated heterocycles. The van der Waals surface area contributed by atoms with Gasteiger partial charge in [-0.25, -0.2) is 0 Å². The van der Waals surface area contributed by atoms with Gasteiger partial charge < -0.3 is 10.8 Å². The summed E-state index contributed by atoms with van der Waals surface area (Å²) in [6.45, 7) is 0.338. The summed E-state index contributed by atoms with van der Waals surface area (Å²) < 4.78 is 0. The molecule has 3 rings (SSSR count). The highest BCUT2D eigenvalue weighted by molar-refractivity contribution is 6.30. The van der Waals surface area contributed by atoms with Gasteiger partial charge in [0.25, 0.3) is 0 Å². The Kier molecular flexibility index (Phi) is 4.43. The first-order chi connectivity index (χ1) is 11.1. The zero-order chi connectivity index (χ0) is 16.3. The average molecular weight is 329 g/mol. The molecule has 0 spiro atoms. The van der Waals surface area contributed by atoms with E-state index in [4.69, 9.17) is 17.3 Å². The summed E-state index contributed by atoms with van der Waals surface area (Å²) in [5, 5.41) is 18.4. The van der Waals surface area contributed by atoms with Crippen LogP contribution in [0.4, 0.5) is 0 Å². The fourth-order valence-electron chi connectivity index (χ4n) is 2.60. The van der Waals surface area contributed by atoms with Gasteiger partial charge in [0.2, 0.25) is 0 Å². The van der Waals surface area contributed by atoms with Crippen LogP contribution in [0, 0.1) is 0 Å². The molecule has 5 nitrogen and oxygen atoms in total. The number of hydrogen-bond acceptors (Lipinski definition) is 4. The van der Waals surface area contributed by atoms with E-state index >= 15 is 0 Å². The van der Waals surface area contributed by atoms with Gasteiger partial charge in [-0.3, -0.25) is 10.1 Å². The van der Waals surface area contributed by atoms with Crippen molar-refractivity contribution in [3.05, 3.63) is 71.3 Å². The number of pyridine rings is 1. The van der Waals surface area contributed by atoms with E-state index in [2.05, 4.69) is 15.2 Å². The number of aliphatic hydroxyl groups is 1. The highest BCUT2D eigenvalue weighted by Crippen LogP contribution is 2.33. The number of nitrogens with two attached hydrogens (primary N) is 1. The quantitative estimate of drug-likeness (QED) is 0.672. The highest BCUT2D eigenvalue weighted by Gasteiger charge is 2.32. The van der Waals surface area contributed by atoms with E-state index in [0.717, 1.165) is 16.7 Å². The Morgan fingerprint density at radius 1 is 1.09 bits per heavy atom. The van der Waals surface area contributed by atoms with Gasteiger partial charge in [0, 0.05) is 18.0 Å². The number of halogens is 1. The van der Waals surface area contributed by atoms with E-state index in [0.29, 0.717) is 23.7 Å². The van der Waals surface area contributed by atoms with Crippen LogP contribution in [0.25, 0.3) is 11.1 Å². The Morgan fingerprint density at radius 3 is 2.43 bits per heavy atom. The largest absolute Gasteiger partial charge is 0.379 e. The molecule has 2 heterocycles. The van der Waals surface area contributed by atoms with Crippen LogP contribution in [0.5, 0.6) is 0 Å². The standard InChI is InChI=1S/C17H17ClN4O/c18-15-5-6-16(20-11-15)17(23,7-8-19)14-3-1-12(2-4-14)13-9-21-22-10-13/h1-6,9-11,23H,7-8,19H2,(H,21,22). The maximum absolute atomic E-state index is 11.2. The predicted octanol–water partition coefficient (Wildman–Crippen LogP) is 2.71. The van der Waals surface area contributed by atoms with Crippen molar-refractivity contribution in [3.63, 3.8) is 0 Å². The molecule has 1 atom stereocenters. The molecule has 0 aliphatic heterocycles. The second-order valence-corrected chi connectivity index (χ2v) is 5.76. The number of aromatic amines is 1. The highest BCUT2D eigenvalue weighted by atomic mass is 35.5. The Morgan fingerprint density at radius 2 is 1.87 bits per heavy atom. The van der Waals surface area contributed by atoms with Crippen molar-refractivity contribution in [1.82, 2.24) is 15.2 Å². The second-order valence-electron chi connectivity index (χ2n) is 5.32. The van der Waals surface area contributed by atoms with E-state index in [1.807, 2.05) is 30.5 Å².